The average Bonchev–Trinajstić information content (AvgIpc) is 3.01. The highest BCUT2D eigenvalue weighted by Gasteiger charge is 2.40. The molecule has 0 spiro atoms. The van der Waals surface area contributed by atoms with Crippen molar-refractivity contribution in [2.75, 3.05) is 0 Å². The first-order chi connectivity index (χ1) is 13.3. The van der Waals surface area contributed by atoms with Crippen LogP contribution in [0.15, 0.2) is 54.6 Å². The van der Waals surface area contributed by atoms with Crippen molar-refractivity contribution in [1.82, 2.24) is 0 Å². The van der Waals surface area contributed by atoms with Crippen LogP contribution in [0.1, 0.15) is 43.8 Å². The van der Waals surface area contributed by atoms with E-state index in [4.69, 9.17) is 20.6 Å². The van der Waals surface area contributed by atoms with Crippen molar-refractivity contribution in [1.29, 1.82) is 0 Å². The van der Waals surface area contributed by atoms with Crippen molar-refractivity contribution < 1.29 is 13.6 Å². The van der Waals surface area contributed by atoms with E-state index >= 15 is 0 Å². The van der Waals surface area contributed by atoms with Crippen LogP contribution in [0.5, 0.6) is 0 Å². The molecule has 150 valence electrons. The Morgan fingerprint density at radius 2 is 1.64 bits per heavy atom. The van der Waals surface area contributed by atoms with Gasteiger partial charge in [-0.15, -0.1) is 11.3 Å². The minimum Gasteiger partial charge on any atom is -0.305 e. The van der Waals surface area contributed by atoms with E-state index in [2.05, 4.69) is 18.2 Å². The molecule has 1 heterocycles. The van der Waals surface area contributed by atoms with Gasteiger partial charge in [0.1, 0.15) is 0 Å². The highest BCUT2D eigenvalue weighted by molar-refractivity contribution is 7.54. The first-order valence-electron chi connectivity index (χ1n) is 9.46. The van der Waals surface area contributed by atoms with E-state index < -0.39 is 13.3 Å². The fourth-order valence-electron chi connectivity index (χ4n) is 3.18. The van der Waals surface area contributed by atoms with Crippen molar-refractivity contribution in [2.24, 2.45) is 0 Å². The minimum atomic E-state index is -3.43. The van der Waals surface area contributed by atoms with Crippen molar-refractivity contribution in [3.8, 4) is 0 Å². The van der Waals surface area contributed by atoms with Gasteiger partial charge >= 0.3 is 7.60 Å². The van der Waals surface area contributed by atoms with Gasteiger partial charge in [-0.3, -0.25) is 4.57 Å². The summed E-state index contributed by atoms with van der Waals surface area (Å²) in [6.07, 6.45) is 0.117. The van der Waals surface area contributed by atoms with Gasteiger partial charge in [0.15, 0.2) is 0 Å². The molecule has 3 rings (SSSR count). The number of fused-ring (bicyclic) bond motifs is 1. The third-order valence-electron chi connectivity index (χ3n) is 4.19. The van der Waals surface area contributed by atoms with E-state index in [0.29, 0.717) is 11.4 Å². The van der Waals surface area contributed by atoms with E-state index in [-0.39, 0.29) is 12.2 Å². The summed E-state index contributed by atoms with van der Waals surface area (Å²) in [6, 6.07) is 18.0. The maximum absolute atomic E-state index is 14.0. The van der Waals surface area contributed by atoms with Gasteiger partial charge in [-0.1, -0.05) is 41.9 Å². The zero-order valence-electron chi connectivity index (χ0n) is 16.6. The van der Waals surface area contributed by atoms with Crippen LogP contribution in [-0.2, 0) is 20.0 Å². The van der Waals surface area contributed by atoms with Gasteiger partial charge in [-0.2, -0.15) is 0 Å². The first-order valence-corrected chi connectivity index (χ1v) is 12.3. The number of hydrogen-bond donors (Lipinski definition) is 0. The van der Waals surface area contributed by atoms with Gasteiger partial charge < -0.3 is 9.05 Å². The molecule has 0 N–H and O–H groups in total. The van der Waals surface area contributed by atoms with Crippen molar-refractivity contribution in [3.63, 3.8) is 0 Å². The van der Waals surface area contributed by atoms with Crippen LogP contribution in [0.25, 0.3) is 10.1 Å². The summed E-state index contributed by atoms with van der Waals surface area (Å²) < 4.78 is 27.1. The lowest BCUT2D eigenvalue weighted by Gasteiger charge is -2.29. The molecule has 6 heteroatoms. The molecule has 3 nitrogen and oxygen atoms in total. The second-order valence-electron chi connectivity index (χ2n) is 7.38. The maximum Gasteiger partial charge on any atom is 0.339 e. The Balaban J connectivity index is 2.09. The Hall–Kier alpha value is -1.16. The minimum absolute atomic E-state index is 0.208. The molecular formula is C22H26ClO3PS. The summed E-state index contributed by atoms with van der Waals surface area (Å²) in [4.78, 5) is 1.01. The molecular weight excluding hydrogens is 411 g/mol. The molecule has 28 heavy (non-hydrogen) atoms. The molecule has 0 amide bonds. The summed E-state index contributed by atoms with van der Waals surface area (Å²) in [7, 11) is -3.43. The SMILES string of the molecule is CC(C)OP(=O)(OC(C)C)C(Cc1cccc(Cl)c1)c1cc2ccccc2s1. The zero-order valence-corrected chi connectivity index (χ0v) is 19.1. The predicted molar refractivity (Wildman–Crippen MR) is 120 cm³/mol. The molecule has 0 saturated heterocycles. The summed E-state index contributed by atoms with van der Waals surface area (Å²) >= 11 is 7.84. The standard InChI is InChI=1S/C22H26ClO3PS/c1-15(2)25-27(24,26-16(3)4)20(13-17-8-7-10-19(23)12-17)22-14-18-9-5-6-11-21(18)28-22/h5-12,14-16,20H,13H2,1-4H3. The Bertz CT molecular complexity index is 936. The smallest absolute Gasteiger partial charge is 0.305 e. The molecule has 1 atom stereocenters. The molecule has 0 aliphatic carbocycles. The highest BCUT2D eigenvalue weighted by Crippen LogP contribution is 2.64. The number of thiophene rings is 1. The average molecular weight is 437 g/mol. The summed E-state index contributed by atoms with van der Waals surface area (Å²) in [6.45, 7) is 7.55. The van der Waals surface area contributed by atoms with E-state index in [1.165, 1.54) is 0 Å². The van der Waals surface area contributed by atoms with E-state index in [0.717, 1.165) is 20.5 Å². The third-order valence-corrected chi connectivity index (χ3v) is 8.48. The van der Waals surface area contributed by atoms with Gasteiger partial charge in [0, 0.05) is 14.6 Å². The number of benzene rings is 2. The second-order valence-corrected chi connectivity index (χ2v) is 11.1. The van der Waals surface area contributed by atoms with Crippen molar-refractivity contribution >= 4 is 40.6 Å². The molecule has 0 aliphatic heterocycles. The Labute approximate surface area is 176 Å². The second kappa shape index (κ2) is 9.11. The van der Waals surface area contributed by atoms with E-state index in [1.54, 1.807) is 11.3 Å². The van der Waals surface area contributed by atoms with Crippen LogP contribution in [0.2, 0.25) is 5.02 Å². The topological polar surface area (TPSA) is 35.5 Å². The molecule has 0 aliphatic rings. The summed E-state index contributed by atoms with van der Waals surface area (Å²) in [5.74, 6) is 0. The number of rotatable bonds is 8. The molecule has 0 saturated carbocycles. The van der Waals surface area contributed by atoms with Crippen molar-refractivity contribution in [3.05, 3.63) is 70.1 Å². The number of hydrogen-bond acceptors (Lipinski definition) is 4. The maximum atomic E-state index is 14.0. The fourth-order valence-corrected chi connectivity index (χ4v) is 7.33. The predicted octanol–water partition coefficient (Wildman–Crippen LogP) is 7.88. The van der Waals surface area contributed by atoms with Crippen LogP contribution in [0.4, 0.5) is 0 Å². The summed E-state index contributed by atoms with van der Waals surface area (Å²) in [5, 5.41) is 1.80. The fraction of sp³-hybridized carbons (Fsp3) is 0.364. The zero-order chi connectivity index (χ0) is 20.3. The lowest BCUT2D eigenvalue weighted by molar-refractivity contribution is 0.136. The van der Waals surface area contributed by atoms with Crippen LogP contribution in [0.3, 0.4) is 0 Å². The molecule has 0 radical (unpaired) electrons. The highest BCUT2D eigenvalue weighted by atomic mass is 35.5. The molecule has 1 unspecified atom stereocenters. The number of halogens is 1. The van der Waals surface area contributed by atoms with Gasteiger partial charge in [-0.05, 0) is 69.3 Å². The van der Waals surface area contributed by atoms with E-state index in [1.807, 2.05) is 64.1 Å². The van der Waals surface area contributed by atoms with Crippen molar-refractivity contribution in [2.45, 2.75) is 52.0 Å². The quantitative estimate of drug-likeness (QED) is 0.337. The van der Waals surface area contributed by atoms with E-state index in [9.17, 15) is 4.57 Å². The monoisotopic (exact) mass is 436 g/mol. The normalized spacial score (nSPS) is 13.5. The third kappa shape index (κ3) is 5.25. The van der Waals surface area contributed by atoms with Crippen LogP contribution < -0.4 is 0 Å². The molecule has 2 aromatic carbocycles. The van der Waals surface area contributed by atoms with Gasteiger partial charge in [0.05, 0.1) is 17.9 Å². The van der Waals surface area contributed by atoms with Gasteiger partial charge in [0.25, 0.3) is 0 Å². The molecule has 1 aromatic heterocycles. The lowest BCUT2D eigenvalue weighted by atomic mass is 10.1. The van der Waals surface area contributed by atoms with Crippen LogP contribution in [0, 0.1) is 0 Å². The Morgan fingerprint density at radius 3 is 2.25 bits per heavy atom. The molecule has 0 fully saturated rings. The van der Waals surface area contributed by atoms with Gasteiger partial charge in [0.2, 0.25) is 0 Å². The van der Waals surface area contributed by atoms with Crippen LogP contribution in [-0.4, -0.2) is 12.2 Å². The van der Waals surface area contributed by atoms with Gasteiger partial charge in [-0.25, -0.2) is 0 Å². The molecule has 3 aromatic rings. The largest absolute Gasteiger partial charge is 0.339 e. The van der Waals surface area contributed by atoms with Crippen LogP contribution >= 0.6 is 30.5 Å². The lowest BCUT2D eigenvalue weighted by Crippen LogP contribution is -2.14. The summed E-state index contributed by atoms with van der Waals surface area (Å²) in [5.41, 5.74) is 0.614. The Morgan fingerprint density at radius 1 is 0.964 bits per heavy atom. The first kappa shape index (κ1) is 21.5. The Kier molecular flexibility index (Phi) is 7.01. The molecule has 0 bridgehead atoms.